The Hall–Kier alpha value is -0.550. The molecule has 0 unspecified atom stereocenters. The third-order valence-corrected chi connectivity index (χ3v) is 3.61. The van der Waals surface area contributed by atoms with Gasteiger partial charge in [-0.2, -0.15) is 11.8 Å². The Morgan fingerprint density at radius 3 is 2.88 bits per heavy atom. The normalized spacial score (nSPS) is 10.3. The minimum absolute atomic E-state index is 0.0809. The van der Waals surface area contributed by atoms with E-state index in [1.807, 2.05) is 0 Å². The summed E-state index contributed by atoms with van der Waals surface area (Å²) < 4.78 is 13.9. The van der Waals surface area contributed by atoms with Gasteiger partial charge < -0.3 is 5.32 Å². The van der Waals surface area contributed by atoms with Gasteiger partial charge in [-0.15, -0.1) is 0 Å². The first-order valence-electron chi connectivity index (χ1n) is 5.38. The van der Waals surface area contributed by atoms with E-state index in [4.69, 9.17) is 0 Å². The van der Waals surface area contributed by atoms with E-state index in [0.717, 1.165) is 18.6 Å². The van der Waals surface area contributed by atoms with Crippen LogP contribution in [0.4, 0.5) is 4.39 Å². The van der Waals surface area contributed by atoms with Gasteiger partial charge >= 0.3 is 0 Å². The minimum Gasteiger partial charge on any atom is -0.352 e. The molecule has 1 aromatic rings. The molecule has 1 amide bonds. The number of carbonyl (C=O) groups is 1. The molecule has 0 radical (unpaired) electrons. The standard InChI is InChI=1S/C12H15BrFNOS/c1-17-8-3-2-7-15-12(16)11-9(13)5-4-6-10(11)14/h4-6H,2-3,7-8H2,1H3,(H,15,16). The molecule has 0 saturated carbocycles. The van der Waals surface area contributed by atoms with Gasteiger partial charge in [-0.3, -0.25) is 4.79 Å². The SMILES string of the molecule is CSCCCCNC(=O)c1c(F)cccc1Br. The van der Waals surface area contributed by atoms with Gasteiger partial charge in [-0.1, -0.05) is 6.07 Å². The molecule has 1 N–H and O–H groups in total. The van der Waals surface area contributed by atoms with Crippen LogP contribution in [0.25, 0.3) is 0 Å². The minimum atomic E-state index is -0.499. The van der Waals surface area contributed by atoms with Crippen molar-refractivity contribution in [3.8, 4) is 0 Å². The van der Waals surface area contributed by atoms with E-state index in [0.29, 0.717) is 11.0 Å². The molecule has 1 rings (SSSR count). The monoisotopic (exact) mass is 319 g/mol. The molecule has 0 saturated heterocycles. The predicted octanol–water partition coefficient (Wildman–Crippen LogP) is 3.46. The zero-order valence-electron chi connectivity index (χ0n) is 9.63. The smallest absolute Gasteiger partial charge is 0.255 e. The average Bonchev–Trinajstić information content (AvgIpc) is 2.28. The van der Waals surface area contributed by atoms with Crippen molar-refractivity contribution in [2.24, 2.45) is 0 Å². The fraction of sp³-hybridized carbons (Fsp3) is 0.417. The van der Waals surface area contributed by atoms with Crippen LogP contribution in [0.2, 0.25) is 0 Å². The second-order valence-corrected chi connectivity index (χ2v) is 5.39. The first-order valence-corrected chi connectivity index (χ1v) is 7.56. The van der Waals surface area contributed by atoms with E-state index < -0.39 is 5.82 Å². The topological polar surface area (TPSA) is 29.1 Å². The highest BCUT2D eigenvalue weighted by Gasteiger charge is 2.14. The number of hydrogen-bond acceptors (Lipinski definition) is 2. The Labute approximate surface area is 113 Å². The van der Waals surface area contributed by atoms with Gasteiger partial charge in [0.1, 0.15) is 5.82 Å². The van der Waals surface area contributed by atoms with Crippen LogP contribution in [0, 0.1) is 5.82 Å². The van der Waals surface area contributed by atoms with Gasteiger partial charge in [-0.25, -0.2) is 4.39 Å². The number of hydrogen-bond donors (Lipinski definition) is 1. The zero-order valence-corrected chi connectivity index (χ0v) is 12.0. The highest BCUT2D eigenvalue weighted by molar-refractivity contribution is 9.10. The molecule has 0 atom stereocenters. The lowest BCUT2D eigenvalue weighted by molar-refractivity contribution is 0.0948. The molecule has 0 aliphatic heterocycles. The van der Waals surface area contributed by atoms with Crippen LogP contribution in [0.3, 0.4) is 0 Å². The van der Waals surface area contributed by atoms with Crippen molar-refractivity contribution in [2.75, 3.05) is 18.6 Å². The lowest BCUT2D eigenvalue weighted by atomic mass is 10.2. The number of unbranched alkanes of at least 4 members (excludes halogenated alkanes) is 1. The molecule has 0 aliphatic rings. The molecule has 0 aliphatic carbocycles. The predicted molar refractivity (Wildman–Crippen MR) is 74.0 cm³/mol. The summed E-state index contributed by atoms with van der Waals surface area (Å²) >= 11 is 4.96. The summed E-state index contributed by atoms with van der Waals surface area (Å²) in [5.41, 5.74) is 0.0809. The molecular formula is C12H15BrFNOS. The summed E-state index contributed by atoms with van der Waals surface area (Å²) in [5, 5.41) is 2.72. The summed E-state index contributed by atoms with van der Waals surface area (Å²) in [6.07, 6.45) is 4.02. The van der Waals surface area contributed by atoms with Gasteiger partial charge in [-0.05, 0) is 52.9 Å². The fourth-order valence-corrected chi connectivity index (χ4v) is 2.39. The van der Waals surface area contributed by atoms with E-state index in [9.17, 15) is 9.18 Å². The number of nitrogens with one attached hydrogen (secondary N) is 1. The van der Waals surface area contributed by atoms with Crippen LogP contribution in [-0.2, 0) is 0 Å². The Morgan fingerprint density at radius 1 is 1.47 bits per heavy atom. The lowest BCUT2D eigenvalue weighted by Gasteiger charge is -2.07. The van der Waals surface area contributed by atoms with Crippen LogP contribution in [0.5, 0.6) is 0 Å². The number of thioether (sulfide) groups is 1. The summed E-state index contributed by atoms with van der Waals surface area (Å²) in [6, 6.07) is 4.51. The molecule has 0 aromatic heterocycles. The third-order valence-electron chi connectivity index (χ3n) is 2.25. The Morgan fingerprint density at radius 2 is 2.24 bits per heavy atom. The second kappa shape index (κ2) is 7.71. The molecule has 2 nitrogen and oxygen atoms in total. The summed E-state index contributed by atoms with van der Waals surface area (Å²) in [4.78, 5) is 11.7. The van der Waals surface area contributed by atoms with Crippen LogP contribution < -0.4 is 5.32 Å². The third kappa shape index (κ3) is 4.68. The molecule has 94 valence electrons. The summed E-state index contributed by atoms with van der Waals surface area (Å²) in [6.45, 7) is 0.583. The van der Waals surface area contributed by atoms with Crippen LogP contribution in [0.1, 0.15) is 23.2 Å². The van der Waals surface area contributed by atoms with Crippen molar-refractivity contribution in [3.63, 3.8) is 0 Å². The van der Waals surface area contributed by atoms with Crippen molar-refractivity contribution in [3.05, 3.63) is 34.1 Å². The molecule has 0 fully saturated rings. The molecule has 0 spiro atoms. The van der Waals surface area contributed by atoms with Crippen molar-refractivity contribution < 1.29 is 9.18 Å². The van der Waals surface area contributed by atoms with E-state index in [-0.39, 0.29) is 11.5 Å². The maximum absolute atomic E-state index is 13.4. The number of amides is 1. The van der Waals surface area contributed by atoms with Gasteiger partial charge in [0.25, 0.3) is 5.91 Å². The Kier molecular flexibility index (Phi) is 6.58. The highest BCUT2D eigenvalue weighted by atomic mass is 79.9. The lowest BCUT2D eigenvalue weighted by Crippen LogP contribution is -2.25. The zero-order chi connectivity index (χ0) is 12.7. The molecule has 1 aromatic carbocycles. The van der Waals surface area contributed by atoms with E-state index >= 15 is 0 Å². The average molecular weight is 320 g/mol. The molecule has 0 bridgehead atoms. The van der Waals surface area contributed by atoms with Crippen LogP contribution in [-0.4, -0.2) is 24.5 Å². The maximum Gasteiger partial charge on any atom is 0.255 e. The van der Waals surface area contributed by atoms with Crippen molar-refractivity contribution in [2.45, 2.75) is 12.8 Å². The van der Waals surface area contributed by atoms with Gasteiger partial charge in [0.15, 0.2) is 0 Å². The van der Waals surface area contributed by atoms with Crippen molar-refractivity contribution in [1.29, 1.82) is 0 Å². The number of carbonyl (C=O) groups excluding carboxylic acids is 1. The van der Waals surface area contributed by atoms with Crippen molar-refractivity contribution in [1.82, 2.24) is 5.32 Å². The Bertz CT molecular complexity index is 367. The van der Waals surface area contributed by atoms with Crippen LogP contribution in [0.15, 0.2) is 22.7 Å². The second-order valence-electron chi connectivity index (χ2n) is 3.55. The Balaban J connectivity index is 2.47. The fourth-order valence-electron chi connectivity index (χ4n) is 1.38. The van der Waals surface area contributed by atoms with E-state index in [2.05, 4.69) is 27.5 Å². The number of rotatable bonds is 6. The van der Waals surface area contributed by atoms with Gasteiger partial charge in [0.05, 0.1) is 5.56 Å². The van der Waals surface area contributed by atoms with E-state index in [1.165, 1.54) is 6.07 Å². The van der Waals surface area contributed by atoms with Gasteiger partial charge in [0, 0.05) is 11.0 Å². The molecule has 5 heteroatoms. The first kappa shape index (κ1) is 14.5. The van der Waals surface area contributed by atoms with Gasteiger partial charge in [0.2, 0.25) is 0 Å². The van der Waals surface area contributed by atoms with Crippen LogP contribution >= 0.6 is 27.7 Å². The number of benzene rings is 1. The summed E-state index contributed by atoms with van der Waals surface area (Å²) in [5.74, 6) is 0.222. The highest BCUT2D eigenvalue weighted by Crippen LogP contribution is 2.19. The maximum atomic E-state index is 13.4. The number of halogens is 2. The molecule has 17 heavy (non-hydrogen) atoms. The largest absolute Gasteiger partial charge is 0.352 e. The summed E-state index contributed by atoms with van der Waals surface area (Å²) in [7, 11) is 0. The quantitative estimate of drug-likeness (QED) is 0.813. The van der Waals surface area contributed by atoms with E-state index in [1.54, 1.807) is 23.9 Å². The van der Waals surface area contributed by atoms with Crippen molar-refractivity contribution >= 4 is 33.6 Å². The molecular weight excluding hydrogens is 305 g/mol. The first-order chi connectivity index (χ1) is 8.16. The molecule has 0 heterocycles.